The summed E-state index contributed by atoms with van der Waals surface area (Å²) in [6, 6.07) is 196. The fourth-order valence-electron chi connectivity index (χ4n) is 23.8. The van der Waals surface area contributed by atoms with E-state index in [2.05, 4.69) is 516 Å². The zero-order valence-electron chi connectivity index (χ0n) is 81.2. The third-order valence-corrected chi connectivity index (χ3v) is 30.3. The second-order valence-electron chi connectivity index (χ2n) is 38.6. The monoisotopic (exact) mass is 1890 g/mol. The fraction of sp³-hybridized carbons (Fsp3) is 0. The number of para-hydroxylation sites is 3. The molecule has 4 heteroatoms. The molecule has 0 aliphatic rings. The molecule has 30 rings (SSSR count). The highest BCUT2D eigenvalue weighted by atomic mass is 16.3. The summed E-state index contributed by atoms with van der Waals surface area (Å²) in [5.41, 5.74) is 36.5. The summed E-state index contributed by atoms with van der Waals surface area (Å²) in [5.74, 6) is 0. The molecule has 0 saturated heterocycles. The smallest absolute Gasteiger partial charge is 0.136 e. The van der Waals surface area contributed by atoms with Crippen molar-refractivity contribution in [3.8, 4) is 145 Å². The van der Waals surface area contributed by atoms with Crippen LogP contribution < -0.4 is 0 Å². The van der Waals surface area contributed by atoms with E-state index in [9.17, 15) is 0 Å². The number of hydrogen-bond acceptors (Lipinski definition) is 4. The lowest BCUT2D eigenvalue weighted by atomic mass is 9.84. The third kappa shape index (κ3) is 15.1. The van der Waals surface area contributed by atoms with Gasteiger partial charge in [0.1, 0.15) is 33.5 Å². The lowest BCUT2D eigenvalue weighted by Gasteiger charge is -2.18. The van der Waals surface area contributed by atoms with Crippen molar-refractivity contribution in [1.29, 1.82) is 0 Å². The zero-order chi connectivity index (χ0) is 98.4. The normalized spacial score (nSPS) is 11.6. The standard InChI is InChI=1S/C52H32O.C50H32O.C43H27NO/c1-2-14-34(15-3-1)49-41-20-8-10-22-43(41)50(44-23-11-9-21-42(44)49)35-28-26-33(27-29-35)38-30-31-48-52(45-24-12-13-25-47(45)53-48)51(38)46-32-36-16-4-5-17-37(36)39-18-6-7-19-40(39)46;1-3-13-33(14-4-1)34-23-27-38(28-24-34)49-39(31-32-46-50(49)44-21-11-12-22-45(44)51-46)35-25-29-37(30-26-35)48-42-19-9-7-17-40(42)47(36-15-5-2-6-16-36)41-18-8-10-20-43(41)48;1-2-12-29(13-3-1)40-32-14-4-6-16-34(32)41(35-17-7-5-15-33(35)40)30-23-21-28(22-24-30)31-25-26-39-43(36-18-8-9-20-38(36)45-39)42(31)37-19-10-11-27-44-37/h1-32H;1-32H;1-27H. The maximum Gasteiger partial charge on any atom is 0.136 e. The molecule has 0 saturated carbocycles. The van der Waals surface area contributed by atoms with E-state index < -0.39 is 0 Å². The lowest BCUT2D eigenvalue weighted by Crippen LogP contribution is -1.92. The molecule has 4 aromatic heterocycles. The van der Waals surface area contributed by atoms with Gasteiger partial charge in [-0.3, -0.25) is 4.98 Å². The largest absolute Gasteiger partial charge is 0.456 e. The second-order valence-corrected chi connectivity index (χ2v) is 38.6. The maximum atomic E-state index is 6.51. The summed E-state index contributed by atoms with van der Waals surface area (Å²) >= 11 is 0. The van der Waals surface area contributed by atoms with Crippen LogP contribution in [0.4, 0.5) is 0 Å². The molecule has 0 bridgehead atoms. The van der Waals surface area contributed by atoms with Crippen LogP contribution in [0.1, 0.15) is 0 Å². The van der Waals surface area contributed by atoms with Gasteiger partial charge < -0.3 is 13.3 Å². The summed E-state index contributed by atoms with van der Waals surface area (Å²) in [7, 11) is 0. The van der Waals surface area contributed by atoms with E-state index in [1.807, 2.05) is 36.5 Å². The molecule has 0 atom stereocenters. The van der Waals surface area contributed by atoms with Gasteiger partial charge in [-0.1, -0.05) is 485 Å². The van der Waals surface area contributed by atoms with Crippen molar-refractivity contribution < 1.29 is 13.3 Å². The van der Waals surface area contributed by atoms with Crippen LogP contribution in [0.5, 0.6) is 0 Å². The van der Waals surface area contributed by atoms with Gasteiger partial charge in [0.15, 0.2) is 0 Å². The molecule has 694 valence electrons. The summed E-state index contributed by atoms with van der Waals surface area (Å²) in [6.45, 7) is 0. The minimum absolute atomic E-state index is 0.869. The predicted molar refractivity (Wildman–Crippen MR) is 630 cm³/mol. The average Bonchev–Trinajstić information content (AvgIpc) is 1.72. The number of aromatic nitrogens is 1. The van der Waals surface area contributed by atoms with E-state index in [0.717, 1.165) is 88.2 Å². The molecule has 0 spiro atoms. The van der Waals surface area contributed by atoms with Gasteiger partial charge in [-0.25, -0.2) is 0 Å². The third-order valence-electron chi connectivity index (χ3n) is 30.3. The molecule has 0 aliphatic carbocycles. The first-order valence-corrected chi connectivity index (χ1v) is 51.1. The topological polar surface area (TPSA) is 52.3 Å². The molecule has 4 nitrogen and oxygen atoms in total. The van der Waals surface area contributed by atoms with Crippen molar-refractivity contribution in [3.63, 3.8) is 0 Å². The van der Waals surface area contributed by atoms with E-state index in [-0.39, 0.29) is 0 Å². The van der Waals surface area contributed by atoms with Gasteiger partial charge in [-0.05, 0) is 269 Å². The lowest BCUT2D eigenvalue weighted by molar-refractivity contribution is 0.668. The minimum atomic E-state index is 0.869. The number of rotatable bonds is 13. The number of hydrogen-bond donors (Lipinski definition) is 0. The molecule has 0 fully saturated rings. The van der Waals surface area contributed by atoms with Gasteiger partial charge in [-0.2, -0.15) is 0 Å². The van der Waals surface area contributed by atoms with E-state index in [0.29, 0.717) is 0 Å². The van der Waals surface area contributed by atoms with E-state index >= 15 is 0 Å². The maximum absolute atomic E-state index is 6.51. The van der Waals surface area contributed by atoms with Crippen molar-refractivity contribution in [1.82, 2.24) is 4.98 Å². The first kappa shape index (κ1) is 87.2. The Labute approximate surface area is 860 Å². The Morgan fingerprint density at radius 3 is 0.685 bits per heavy atom. The van der Waals surface area contributed by atoms with Gasteiger partial charge in [0.05, 0.1) is 5.69 Å². The minimum Gasteiger partial charge on any atom is -0.456 e. The summed E-state index contributed by atoms with van der Waals surface area (Å²) < 4.78 is 19.2. The first-order chi connectivity index (χ1) is 74.0. The molecular formula is C145H91NO3. The molecule has 4 heterocycles. The molecule has 0 amide bonds. The molecule has 0 radical (unpaired) electrons. The number of furan rings is 3. The van der Waals surface area contributed by atoms with Gasteiger partial charge in [0.2, 0.25) is 0 Å². The van der Waals surface area contributed by atoms with Crippen LogP contribution >= 0.6 is 0 Å². The predicted octanol–water partition coefficient (Wildman–Crippen LogP) is 41.0. The Kier molecular flexibility index (Phi) is 21.6. The van der Waals surface area contributed by atoms with Crippen molar-refractivity contribution >= 4 is 152 Å². The molecule has 30 aromatic rings. The summed E-state index contributed by atoms with van der Waals surface area (Å²) in [4.78, 5) is 4.80. The Balaban J connectivity index is 0.000000108. The number of fused-ring (bicyclic) bond motifs is 18. The molecule has 0 N–H and O–H groups in total. The molecule has 26 aromatic carbocycles. The van der Waals surface area contributed by atoms with Crippen molar-refractivity contribution in [2.45, 2.75) is 0 Å². The second kappa shape index (κ2) is 37.0. The quantitative estimate of drug-likeness (QED) is 0.0853. The Morgan fingerprint density at radius 2 is 0.349 bits per heavy atom. The molecule has 149 heavy (non-hydrogen) atoms. The van der Waals surface area contributed by atoms with Crippen molar-refractivity contribution in [2.24, 2.45) is 0 Å². The van der Waals surface area contributed by atoms with E-state index in [4.69, 9.17) is 18.2 Å². The number of pyridine rings is 1. The van der Waals surface area contributed by atoms with Crippen LogP contribution in [0.2, 0.25) is 0 Å². The Bertz CT molecular complexity index is 10300. The Morgan fingerprint density at radius 1 is 0.121 bits per heavy atom. The van der Waals surface area contributed by atoms with Gasteiger partial charge >= 0.3 is 0 Å². The molecular weight excluding hydrogens is 1800 g/mol. The van der Waals surface area contributed by atoms with E-state index in [1.54, 1.807) is 0 Å². The van der Waals surface area contributed by atoms with Gasteiger partial charge in [0, 0.05) is 55.2 Å². The Hall–Kier alpha value is -19.7. The molecule has 0 aliphatic heterocycles. The highest BCUT2D eigenvalue weighted by Crippen LogP contribution is 2.54. The van der Waals surface area contributed by atoms with Crippen LogP contribution in [0.25, 0.3) is 297 Å². The fourth-order valence-corrected chi connectivity index (χ4v) is 23.8. The van der Waals surface area contributed by atoms with E-state index in [1.165, 1.54) is 209 Å². The highest BCUT2D eigenvalue weighted by molar-refractivity contribution is 6.28. The first-order valence-electron chi connectivity index (χ1n) is 51.1. The number of nitrogens with zero attached hydrogens (tertiary/aromatic N) is 1. The van der Waals surface area contributed by atoms with Crippen LogP contribution in [-0.2, 0) is 0 Å². The zero-order valence-corrected chi connectivity index (χ0v) is 81.2. The van der Waals surface area contributed by atoms with Crippen LogP contribution in [0, 0.1) is 0 Å². The number of benzene rings is 26. The van der Waals surface area contributed by atoms with Gasteiger partial charge in [-0.15, -0.1) is 0 Å². The SMILES string of the molecule is c1ccc(-c2c3ccccc3c(-c3ccc(-c4ccc5oc6ccccc6c5c4-c4cc5ccccc5c5ccccc45)cc3)c3ccccc23)cc1.c1ccc(-c2c3ccccc3c(-c3ccc(-c4ccc5oc6ccccc6c5c4-c4ccccn4)cc3)c3ccccc23)cc1.c1ccc(-c2ccc(-c3c(-c4ccc(-c5c6ccccc6c(-c6ccccc6)c6ccccc56)cc4)ccc4oc5ccccc5c34)cc2)cc1. The van der Waals surface area contributed by atoms with Crippen LogP contribution in [-0.4, -0.2) is 4.98 Å². The summed E-state index contributed by atoms with van der Waals surface area (Å²) in [6.07, 6.45) is 1.86. The van der Waals surface area contributed by atoms with Crippen molar-refractivity contribution in [2.75, 3.05) is 0 Å². The van der Waals surface area contributed by atoms with Crippen LogP contribution in [0.15, 0.2) is 565 Å². The van der Waals surface area contributed by atoms with Crippen LogP contribution in [0.3, 0.4) is 0 Å². The molecule has 0 unspecified atom stereocenters. The summed E-state index contributed by atoms with van der Waals surface area (Å²) in [5, 5.41) is 26.8. The van der Waals surface area contributed by atoms with Crippen molar-refractivity contribution in [3.05, 3.63) is 552 Å². The highest BCUT2D eigenvalue weighted by Gasteiger charge is 2.28. The average molecular weight is 1900 g/mol. The van der Waals surface area contributed by atoms with Gasteiger partial charge in [0.25, 0.3) is 0 Å².